The first-order valence-corrected chi connectivity index (χ1v) is 12.5. The van der Waals surface area contributed by atoms with E-state index in [-0.39, 0.29) is 10.8 Å². The van der Waals surface area contributed by atoms with Crippen molar-refractivity contribution in [3.8, 4) is 5.75 Å². The second-order valence-electron chi connectivity index (χ2n) is 8.19. The average Bonchev–Trinajstić information content (AvgIpc) is 2.80. The lowest BCUT2D eigenvalue weighted by Crippen LogP contribution is -2.35. The van der Waals surface area contributed by atoms with Crippen molar-refractivity contribution in [1.82, 2.24) is 0 Å². The highest BCUT2D eigenvalue weighted by molar-refractivity contribution is 7.92. The molecule has 1 heterocycles. The molecule has 1 aliphatic heterocycles. The smallest absolute Gasteiger partial charge is 0.261 e. The van der Waals surface area contributed by atoms with Crippen molar-refractivity contribution in [1.29, 1.82) is 0 Å². The molecule has 33 heavy (non-hydrogen) atoms. The molecule has 172 valence electrons. The summed E-state index contributed by atoms with van der Waals surface area (Å²) in [6.07, 6.45) is 1.60. The van der Waals surface area contributed by atoms with Gasteiger partial charge in [0.1, 0.15) is 5.75 Å². The summed E-state index contributed by atoms with van der Waals surface area (Å²) in [5.41, 5.74) is 4.44. The number of fused-ring (bicyclic) bond motifs is 1. The van der Waals surface area contributed by atoms with Gasteiger partial charge >= 0.3 is 0 Å². The number of benzene rings is 3. The van der Waals surface area contributed by atoms with Crippen molar-refractivity contribution in [3.63, 3.8) is 0 Å². The number of sulfonamides is 1. The van der Waals surface area contributed by atoms with Crippen LogP contribution in [0.15, 0.2) is 65.6 Å². The second-order valence-corrected chi connectivity index (χ2v) is 9.88. The predicted molar refractivity (Wildman–Crippen MR) is 131 cm³/mol. The highest BCUT2D eigenvalue weighted by Crippen LogP contribution is 2.32. The maximum atomic E-state index is 13.1. The molecule has 0 saturated heterocycles. The Morgan fingerprint density at radius 3 is 2.39 bits per heavy atom. The molecule has 1 aliphatic rings. The Kier molecular flexibility index (Phi) is 6.42. The zero-order valence-electron chi connectivity index (χ0n) is 19.1. The van der Waals surface area contributed by atoms with Crippen molar-refractivity contribution >= 4 is 27.3 Å². The summed E-state index contributed by atoms with van der Waals surface area (Å²) in [5, 5.41) is 0. The van der Waals surface area contributed by atoms with E-state index in [1.165, 1.54) is 0 Å². The van der Waals surface area contributed by atoms with Crippen LogP contribution in [0.4, 0.5) is 11.4 Å². The molecule has 0 saturated carbocycles. The van der Waals surface area contributed by atoms with E-state index < -0.39 is 10.0 Å². The molecule has 0 spiro atoms. The van der Waals surface area contributed by atoms with Gasteiger partial charge in [-0.2, -0.15) is 0 Å². The maximum Gasteiger partial charge on any atom is 0.261 e. The van der Waals surface area contributed by atoms with Gasteiger partial charge in [-0.3, -0.25) is 9.52 Å². The van der Waals surface area contributed by atoms with Crippen LogP contribution >= 0.6 is 0 Å². The number of hydrogen-bond donors (Lipinski definition) is 1. The number of carbonyl (C=O) groups excluding carboxylic acids is 1. The van der Waals surface area contributed by atoms with E-state index in [0.717, 1.165) is 35.2 Å². The van der Waals surface area contributed by atoms with E-state index in [9.17, 15) is 13.2 Å². The molecule has 0 fully saturated rings. The summed E-state index contributed by atoms with van der Waals surface area (Å²) >= 11 is 0. The molecular weight excluding hydrogens is 436 g/mol. The first-order valence-electron chi connectivity index (χ1n) is 11.1. The Morgan fingerprint density at radius 1 is 1.03 bits per heavy atom. The lowest BCUT2D eigenvalue weighted by atomic mass is 10.00. The lowest BCUT2D eigenvalue weighted by molar-refractivity contribution is 0.0985. The fourth-order valence-electron chi connectivity index (χ4n) is 4.26. The van der Waals surface area contributed by atoms with Crippen LogP contribution in [0.3, 0.4) is 0 Å². The Labute approximate surface area is 195 Å². The summed E-state index contributed by atoms with van der Waals surface area (Å²) in [7, 11) is -3.78. The number of nitrogens with one attached hydrogen (secondary N) is 1. The van der Waals surface area contributed by atoms with Gasteiger partial charge in [-0.15, -0.1) is 0 Å². The predicted octanol–water partition coefficient (Wildman–Crippen LogP) is 5.10. The first kappa shape index (κ1) is 22.9. The lowest BCUT2D eigenvalue weighted by Gasteiger charge is -2.30. The van der Waals surface area contributed by atoms with Crippen LogP contribution in [-0.4, -0.2) is 27.5 Å². The van der Waals surface area contributed by atoms with Crippen LogP contribution in [0, 0.1) is 13.8 Å². The minimum absolute atomic E-state index is 0.0507. The molecule has 0 atom stereocenters. The van der Waals surface area contributed by atoms with Crippen LogP contribution in [0.2, 0.25) is 0 Å². The van der Waals surface area contributed by atoms with E-state index >= 15 is 0 Å². The van der Waals surface area contributed by atoms with Gasteiger partial charge < -0.3 is 9.64 Å². The number of rotatable bonds is 6. The third-order valence-electron chi connectivity index (χ3n) is 5.75. The Hall–Kier alpha value is -3.32. The number of carbonyl (C=O) groups is 1. The Balaban J connectivity index is 1.60. The molecule has 0 aliphatic carbocycles. The van der Waals surface area contributed by atoms with Gasteiger partial charge in [0.25, 0.3) is 15.9 Å². The number of anilines is 2. The third kappa shape index (κ3) is 4.73. The van der Waals surface area contributed by atoms with Gasteiger partial charge in [0.2, 0.25) is 0 Å². The van der Waals surface area contributed by atoms with Gasteiger partial charge in [-0.25, -0.2) is 8.42 Å². The molecule has 3 aromatic rings. The molecule has 1 N–H and O–H groups in total. The quantitative estimate of drug-likeness (QED) is 0.551. The van der Waals surface area contributed by atoms with E-state index in [2.05, 4.69) is 4.72 Å². The van der Waals surface area contributed by atoms with Crippen molar-refractivity contribution < 1.29 is 17.9 Å². The molecule has 7 heteroatoms. The molecule has 0 radical (unpaired) electrons. The summed E-state index contributed by atoms with van der Waals surface area (Å²) < 4.78 is 34.5. The van der Waals surface area contributed by atoms with Gasteiger partial charge in [0, 0.05) is 23.5 Å². The van der Waals surface area contributed by atoms with Crippen LogP contribution in [-0.2, 0) is 16.4 Å². The molecule has 6 nitrogen and oxygen atoms in total. The zero-order chi connectivity index (χ0) is 23.6. The monoisotopic (exact) mass is 464 g/mol. The van der Waals surface area contributed by atoms with Crippen molar-refractivity contribution in [3.05, 3.63) is 82.9 Å². The third-order valence-corrected chi connectivity index (χ3v) is 7.11. The largest absolute Gasteiger partial charge is 0.493 e. The normalized spacial score (nSPS) is 13.4. The molecule has 0 bridgehead atoms. The molecule has 0 aromatic heterocycles. The highest BCUT2D eigenvalue weighted by Gasteiger charge is 2.25. The Bertz CT molecular complexity index is 1260. The summed E-state index contributed by atoms with van der Waals surface area (Å²) in [5.74, 6) is 0.665. The van der Waals surface area contributed by atoms with E-state index in [1.54, 1.807) is 35.2 Å². The fourth-order valence-corrected chi connectivity index (χ4v) is 5.48. The van der Waals surface area contributed by atoms with Gasteiger partial charge in [-0.05, 0) is 92.8 Å². The number of nitrogens with zero attached hydrogens (tertiary/aromatic N) is 1. The first-order chi connectivity index (χ1) is 15.8. The molecular formula is C26H28N2O4S. The SMILES string of the molecule is CCOc1c(C)cc(S(=O)(=O)Nc2ccc3c(c2)CCCN3C(=O)c2ccccc2)cc1C. The van der Waals surface area contributed by atoms with Gasteiger partial charge in [0.05, 0.1) is 11.5 Å². The van der Waals surface area contributed by atoms with Crippen LogP contribution in [0.1, 0.15) is 40.4 Å². The maximum absolute atomic E-state index is 13.1. The van der Waals surface area contributed by atoms with E-state index in [4.69, 9.17) is 4.74 Å². The van der Waals surface area contributed by atoms with Crippen molar-refractivity contribution in [2.45, 2.75) is 38.5 Å². The van der Waals surface area contributed by atoms with E-state index in [0.29, 0.717) is 30.2 Å². The minimum Gasteiger partial charge on any atom is -0.493 e. The minimum atomic E-state index is -3.78. The molecule has 1 amide bonds. The molecule has 3 aromatic carbocycles. The summed E-state index contributed by atoms with van der Waals surface area (Å²) in [6, 6.07) is 17.8. The summed E-state index contributed by atoms with van der Waals surface area (Å²) in [4.78, 5) is 15.0. The number of hydrogen-bond acceptors (Lipinski definition) is 4. The standard InChI is InChI=1S/C26H28N2O4S/c1-4-32-25-18(2)15-23(16-19(25)3)33(30,31)27-22-12-13-24-21(17-22)11-8-14-28(24)26(29)20-9-6-5-7-10-20/h5-7,9-10,12-13,15-17,27H,4,8,11,14H2,1-3H3. The van der Waals surface area contributed by atoms with Gasteiger partial charge in [0.15, 0.2) is 0 Å². The van der Waals surface area contributed by atoms with Crippen LogP contribution in [0.25, 0.3) is 0 Å². The fraction of sp³-hybridized carbons (Fsp3) is 0.269. The van der Waals surface area contributed by atoms with Crippen LogP contribution < -0.4 is 14.4 Å². The summed E-state index contributed by atoms with van der Waals surface area (Å²) in [6.45, 7) is 6.74. The number of amides is 1. The second kappa shape index (κ2) is 9.27. The van der Waals surface area contributed by atoms with Gasteiger partial charge in [-0.1, -0.05) is 18.2 Å². The average molecular weight is 465 g/mol. The topological polar surface area (TPSA) is 75.7 Å². The molecule has 0 unspecified atom stereocenters. The van der Waals surface area contributed by atoms with Crippen molar-refractivity contribution in [2.75, 3.05) is 22.8 Å². The number of ether oxygens (including phenoxy) is 1. The van der Waals surface area contributed by atoms with Crippen molar-refractivity contribution in [2.24, 2.45) is 0 Å². The Morgan fingerprint density at radius 2 is 1.73 bits per heavy atom. The van der Waals surface area contributed by atoms with Crippen LogP contribution in [0.5, 0.6) is 5.75 Å². The zero-order valence-corrected chi connectivity index (χ0v) is 19.9. The van der Waals surface area contributed by atoms with E-state index in [1.807, 2.05) is 51.1 Å². The highest BCUT2D eigenvalue weighted by atomic mass is 32.2. The number of aryl methyl sites for hydroxylation is 3. The molecule has 4 rings (SSSR count).